The first-order valence-electron chi connectivity index (χ1n) is 11.3. The first-order chi connectivity index (χ1) is 17.5. The Bertz CT molecular complexity index is 1240. The molecule has 5 atom stereocenters. The first-order valence-corrected chi connectivity index (χ1v) is 11.3. The van der Waals surface area contributed by atoms with Crippen LogP contribution in [0.1, 0.15) is 38.0 Å². The first kappa shape index (κ1) is 24.6. The molecule has 0 aromatic heterocycles. The molecule has 0 bridgehead atoms. The Balaban J connectivity index is 1.66. The molecule has 1 aliphatic heterocycles. The molecule has 0 amide bonds. The lowest BCUT2D eigenvalue weighted by atomic mass is 9.90. The zero-order valence-corrected chi connectivity index (χ0v) is 19.4. The van der Waals surface area contributed by atoms with Gasteiger partial charge in [0.15, 0.2) is 12.2 Å². The predicted molar refractivity (Wildman–Crippen MR) is 127 cm³/mol. The molecule has 182 valence electrons. The van der Waals surface area contributed by atoms with E-state index in [1.165, 1.54) is 0 Å². The summed E-state index contributed by atoms with van der Waals surface area (Å²) in [4.78, 5) is 38.7. The minimum Gasteiger partial charge on any atom is -0.454 e. The van der Waals surface area contributed by atoms with Crippen LogP contribution in [-0.2, 0) is 18.9 Å². The maximum Gasteiger partial charge on any atom is 0.340 e. The van der Waals surface area contributed by atoms with Gasteiger partial charge in [0.25, 0.3) is 0 Å². The molecule has 3 aromatic rings. The van der Waals surface area contributed by atoms with E-state index in [2.05, 4.69) is 0 Å². The monoisotopic (exact) mass is 485 g/mol. The molecule has 1 aliphatic rings. The number of esters is 3. The van der Waals surface area contributed by atoms with E-state index in [9.17, 15) is 19.6 Å². The molecule has 0 aliphatic carbocycles. The molecule has 0 spiro atoms. The van der Waals surface area contributed by atoms with Crippen LogP contribution in [0.5, 0.6) is 0 Å². The van der Waals surface area contributed by atoms with Gasteiger partial charge < -0.3 is 18.9 Å². The highest BCUT2D eigenvalue weighted by Gasteiger charge is 2.50. The number of rotatable bonds is 6. The van der Waals surface area contributed by atoms with Gasteiger partial charge in [-0.25, -0.2) is 14.4 Å². The van der Waals surface area contributed by atoms with Crippen molar-refractivity contribution in [3.8, 4) is 6.07 Å². The topological polar surface area (TPSA) is 112 Å². The van der Waals surface area contributed by atoms with Crippen molar-refractivity contribution < 1.29 is 33.3 Å². The average Bonchev–Trinajstić information content (AvgIpc) is 2.93. The van der Waals surface area contributed by atoms with Crippen molar-refractivity contribution in [1.29, 1.82) is 5.26 Å². The molecule has 1 fully saturated rings. The van der Waals surface area contributed by atoms with Gasteiger partial charge in [-0.15, -0.1) is 0 Å². The lowest BCUT2D eigenvalue weighted by Gasteiger charge is -2.41. The summed E-state index contributed by atoms with van der Waals surface area (Å²) < 4.78 is 22.7. The molecule has 36 heavy (non-hydrogen) atoms. The highest BCUT2D eigenvalue weighted by Crippen LogP contribution is 2.32. The van der Waals surface area contributed by atoms with E-state index in [1.54, 1.807) is 97.9 Å². The Kier molecular flexibility index (Phi) is 7.73. The van der Waals surface area contributed by atoms with E-state index < -0.39 is 48.4 Å². The van der Waals surface area contributed by atoms with Gasteiger partial charge in [-0.3, -0.25) is 0 Å². The molecule has 3 unspecified atom stereocenters. The SMILES string of the molecule is C[C@@H]1C(C#N)OC(OC(=O)c2ccccc2)C(OC(=O)c2ccccc2)[C@@H]1OC(=O)c1ccccc1. The van der Waals surface area contributed by atoms with Gasteiger partial charge in [0, 0.05) is 5.92 Å². The van der Waals surface area contributed by atoms with E-state index in [0.29, 0.717) is 0 Å². The van der Waals surface area contributed by atoms with E-state index in [1.807, 2.05) is 6.07 Å². The summed E-state index contributed by atoms with van der Waals surface area (Å²) in [6.07, 6.45) is -5.08. The van der Waals surface area contributed by atoms with Crippen LogP contribution in [-0.4, -0.2) is 42.5 Å². The van der Waals surface area contributed by atoms with Crippen molar-refractivity contribution in [2.75, 3.05) is 0 Å². The third-order valence-electron chi connectivity index (χ3n) is 5.73. The fourth-order valence-corrected chi connectivity index (χ4v) is 3.79. The second kappa shape index (κ2) is 11.3. The summed E-state index contributed by atoms with van der Waals surface area (Å²) >= 11 is 0. The minimum atomic E-state index is -1.50. The van der Waals surface area contributed by atoms with Crippen molar-refractivity contribution in [1.82, 2.24) is 0 Å². The van der Waals surface area contributed by atoms with Crippen LogP contribution in [0.4, 0.5) is 0 Å². The van der Waals surface area contributed by atoms with Crippen LogP contribution in [0.25, 0.3) is 0 Å². The largest absolute Gasteiger partial charge is 0.454 e. The quantitative estimate of drug-likeness (QED) is 0.378. The van der Waals surface area contributed by atoms with E-state index in [4.69, 9.17) is 18.9 Å². The van der Waals surface area contributed by atoms with Gasteiger partial charge >= 0.3 is 17.9 Å². The Labute approximate surface area is 208 Å². The van der Waals surface area contributed by atoms with Crippen LogP contribution in [0.15, 0.2) is 91.0 Å². The maximum absolute atomic E-state index is 12.9. The van der Waals surface area contributed by atoms with Crippen LogP contribution in [0.2, 0.25) is 0 Å². The molecule has 0 N–H and O–H groups in total. The number of ether oxygens (including phenoxy) is 4. The Morgan fingerprint density at radius 2 is 1.06 bits per heavy atom. The van der Waals surface area contributed by atoms with Gasteiger partial charge in [0.2, 0.25) is 12.4 Å². The molecule has 3 aromatic carbocycles. The molecule has 8 heteroatoms. The standard InChI is InChI=1S/C28H23NO7/c1-18-22(17-29)33-28(36-27(32)21-15-9-4-10-16-21)24(35-26(31)20-13-7-3-8-14-20)23(18)34-25(30)19-11-5-2-6-12-19/h2-16,18,22-24,28H,1H3/t18-,22?,23-,24?,28?/m1/s1. The van der Waals surface area contributed by atoms with Crippen LogP contribution < -0.4 is 0 Å². The zero-order valence-electron chi connectivity index (χ0n) is 19.4. The zero-order chi connectivity index (χ0) is 25.5. The lowest BCUT2D eigenvalue weighted by Crippen LogP contribution is -2.57. The number of hydrogen-bond acceptors (Lipinski definition) is 8. The smallest absolute Gasteiger partial charge is 0.340 e. The van der Waals surface area contributed by atoms with Gasteiger partial charge in [-0.1, -0.05) is 61.5 Å². The van der Waals surface area contributed by atoms with Crippen molar-refractivity contribution >= 4 is 17.9 Å². The molecule has 4 rings (SSSR count). The van der Waals surface area contributed by atoms with Crippen molar-refractivity contribution in [3.05, 3.63) is 108 Å². The van der Waals surface area contributed by atoms with Gasteiger partial charge in [-0.2, -0.15) is 5.26 Å². The van der Waals surface area contributed by atoms with E-state index >= 15 is 0 Å². The second-order valence-electron chi connectivity index (χ2n) is 8.16. The average molecular weight is 485 g/mol. The van der Waals surface area contributed by atoms with Crippen molar-refractivity contribution in [2.45, 2.75) is 31.5 Å². The van der Waals surface area contributed by atoms with Crippen LogP contribution in [0.3, 0.4) is 0 Å². The summed E-state index contributed by atoms with van der Waals surface area (Å²) in [5.74, 6) is -2.86. The molecule has 0 saturated carbocycles. The third kappa shape index (κ3) is 5.59. The van der Waals surface area contributed by atoms with Gasteiger partial charge in [0.05, 0.1) is 22.8 Å². The van der Waals surface area contributed by atoms with Crippen LogP contribution >= 0.6 is 0 Å². The highest BCUT2D eigenvalue weighted by atomic mass is 16.7. The number of carbonyl (C=O) groups is 3. The summed E-state index contributed by atoms with van der Waals surface area (Å²) in [7, 11) is 0. The minimum absolute atomic E-state index is 0.235. The van der Waals surface area contributed by atoms with Crippen LogP contribution in [0, 0.1) is 17.2 Å². The predicted octanol–water partition coefficient (Wildman–Crippen LogP) is 4.18. The fraction of sp³-hybridized carbons (Fsp3) is 0.214. The van der Waals surface area contributed by atoms with Gasteiger partial charge in [-0.05, 0) is 36.4 Å². The summed E-state index contributed by atoms with van der Waals surface area (Å²) in [5, 5.41) is 9.68. The Hall–Kier alpha value is -4.48. The van der Waals surface area contributed by atoms with Crippen molar-refractivity contribution in [2.24, 2.45) is 5.92 Å². The highest BCUT2D eigenvalue weighted by molar-refractivity contribution is 5.91. The number of benzene rings is 3. The number of nitriles is 1. The lowest BCUT2D eigenvalue weighted by molar-refractivity contribution is -0.252. The maximum atomic E-state index is 12.9. The second-order valence-corrected chi connectivity index (χ2v) is 8.16. The van der Waals surface area contributed by atoms with Crippen molar-refractivity contribution in [3.63, 3.8) is 0 Å². The number of nitrogens with zero attached hydrogens (tertiary/aromatic N) is 1. The molecule has 1 saturated heterocycles. The number of hydrogen-bond donors (Lipinski definition) is 0. The Morgan fingerprint density at radius 1 is 0.667 bits per heavy atom. The Morgan fingerprint density at radius 3 is 1.47 bits per heavy atom. The van der Waals surface area contributed by atoms with E-state index in [0.717, 1.165) is 0 Å². The normalized spacial score (nSPS) is 23.1. The third-order valence-corrected chi connectivity index (χ3v) is 5.73. The summed E-state index contributed by atoms with van der Waals surface area (Å²) in [6, 6.07) is 26.6. The molecular formula is C28H23NO7. The van der Waals surface area contributed by atoms with Gasteiger partial charge in [0.1, 0.15) is 0 Å². The molecule has 8 nitrogen and oxygen atoms in total. The molecular weight excluding hydrogens is 462 g/mol. The number of carbonyl (C=O) groups excluding carboxylic acids is 3. The summed E-state index contributed by atoms with van der Waals surface area (Å²) in [6.45, 7) is 1.63. The molecule has 0 radical (unpaired) electrons. The molecule has 1 heterocycles. The summed E-state index contributed by atoms with van der Waals surface area (Å²) in [5.41, 5.74) is 0.753. The fourth-order valence-electron chi connectivity index (χ4n) is 3.79. The van der Waals surface area contributed by atoms with E-state index in [-0.39, 0.29) is 16.7 Å².